The molecular formula is C46H30N2S. The summed E-state index contributed by atoms with van der Waals surface area (Å²) in [5, 5.41) is 7.50. The summed E-state index contributed by atoms with van der Waals surface area (Å²) < 4.78 is 5.00. The number of para-hydroxylation sites is 2. The zero-order valence-electron chi connectivity index (χ0n) is 26.6. The van der Waals surface area contributed by atoms with Crippen molar-refractivity contribution in [2.45, 2.75) is 0 Å². The minimum Gasteiger partial charge on any atom is -0.309 e. The van der Waals surface area contributed by atoms with Gasteiger partial charge in [-0.15, -0.1) is 11.3 Å². The highest BCUT2D eigenvalue weighted by atomic mass is 32.1. The molecule has 0 saturated carbocycles. The van der Waals surface area contributed by atoms with Gasteiger partial charge in [0.05, 0.1) is 27.1 Å². The van der Waals surface area contributed by atoms with E-state index in [1.807, 2.05) is 11.3 Å². The predicted octanol–water partition coefficient (Wildman–Crippen LogP) is 13.4. The SMILES string of the molecule is c1ccc(-c2cccc(N(c3cccc4ccccc34)c3cc(-n4c5ccccc5c5ccccc54)cc4c3sc3ccccc34)c2)cc1. The van der Waals surface area contributed by atoms with Gasteiger partial charge in [-0.2, -0.15) is 0 Å². The van der Waals surface area contributed by atoms with Crippen molar-refractivity contribution >= 4 is 81.1 Å². The number of hydrogen-bond donors (Lipinski definition) is 0. The highest BCUT2D eigenvalue weighted by Gasteiger charge is 2.23. The number of thiophene rings is 1. The summed E-state index contributed by atoms with van der Waals surface area (Å²) in [6.07, 6.45) is 0. The van der Waals surface area contributed by atoms with Crippen LogP contribution in [0.5, 0.6) is 0 Å². The summed E-state index contributed by atoms with van der Waals surface area (Å²) in [4.78, 5) is 2.49. The number of rotatable bonds is 5. The van der Waals surface area contributed by atoms with Gasteiger partial charge >= 0.3 is 0 Å². The topological polar surface area (TPSA) is 8.17 Å². The second-order valence-electron chi connectivity index (χ2n) is 12.6. The Kier molecular flexibility index (Phi) is 6.39. The highest BCUT2D eigenvalue weighted by Crippen LogP contribution is 2.48. The van der Waals surface area contributed by atoms with Crippen LogP contribution in [-0.4, -0.2) is 4.57 Å². The minimum absolute atomic E-state index is 1.12. The third kappa shape index (κ3) is 4.47. The largest absolute Gasteiger partial charge is 0.309 e. The Hall–Kier alpha value is -6.16. The maximum atomic E-state index is 2.49. The Bertz CT molecular complexity index is 2780. The van der Waals surface area contributed by atoms with Crippen LogP contribution in [0.2, 0.25) is 0 Å². The molecule has 8 aromatic carbocycles. The van der Waals surface area contributed by atoms with Crippen LogP contribution in [0.4, 0.5) is 17.1 Å². The lowest BCUT2D eigenvalue weighted by Crippen LogP contribution is -2.11. The van der Waals surface area contributed by atoms with Gasteiger partial charge in [-0.1, -0.05) is 133 Å². The Balaban J connectivity index is 1.34. The second-order valence-corrected chi connectivity index (χ2v) is 13.6. The Morgan fingerprint density at radius 3 is 1.82 bits per heavy atom. The van der Waals surface area contributed by atoms with E-state index < -0.39 is 0 Å². The number of anilines is 3. The van der Waals surface area contributed by atoms with Crippen LogP contribution in [0.3, 0.4) is 0 Å². The third-order valence-corrected chi connectivity index (χ3v) is 11.0. The van der Waals surface area contributed by atoms with Crippen LogP contribution >= 0.6 is 11.3 Å². The number of aromatic nitrogens is 1. The molecule has 0 fully saturated rings. The first-order valence-electron chi connectivity index (χ1n) is 16.7. The first-order valence-corrected chi connectivity index (χ1v) is 17.5. The van der Waals surface area contributed by atoms with E-state index in [2.05, 4.69) is 191 Å². The van der Waals surface area contributed by atoms with Crippen molar-refractivity contribution in [1.82, 2.24) is 4.57 Å². The number of benzene rings is 8. The molecule has 0 saturated heterocycles. The molecule has 10 aromatic rings. The van der Waals surface area contributed by atoms with Crippen LogP contribution < -0.4 is 4.90 Å². The summed E-state index contributed by atoms with van der Waals surface area (Å²) in [5.41, 5.74) is 9.39. The molecule has 2 nitrogen and oxygen atoms in total. The molecule has 0 aliphatic carbocycles. The van der Waals surface area contributed by atoms with Gasteiger partial charge < -0.3 is 9.47 Å². The summed E-state index contributed by atoms with van der Waals surface area (Å²) in [7, 11) is 0. The van der Waals surface area contributed by atoms with E-state index in [1.54, 1.807) is 0 Å². The van der Waals surface area contributed by atoms with Crippen LogP contribution in [-0.2, 0) is 0 Å². The molecule has 0 unspecified atom stereocenters. The molecule has 0 amide bonds. The molecule has 0 spiro atoms. The average Bonchev–Trinajstić information content (AvgIpc) is 3.72. The molecule has 0 N–H and O–H groups in total. The summed E-state index contributed by atoms with van der Waals surface area (Å²) in [6.45, 7) is 0. The van der Waals surface area contributed by atoms with Crippen molar-refractivity contribution in [3.05, 3.63) is 182 Å². The van der Waals surface area contributed by atoms with Crippen LogP contribution in [0.1, 0.15) is 0 Å². The maximum Gasteiger partial charge on any atom is 0.0661 e. The zero-order valence-corrected chi connectivity index (χ0v) is 27.4. The van der Waals surface area contributed by atoms with Crippen molar-refractivity contribution in [2.24, 2.45) is 0 Å². The van der Waals surface area contributed by atoms with Crippen LogP contribution in [0, 0.1) is 0 Å². The Morgan fingerprint density at radius 2 is 1.02 bits per heavy atom. The molecule has 10 rings (SSSR count). The molecule has 0 aliphatic rings. The summed E-state index contributed by atoms with van der Waals surface area (Å²) in [6, 6.07) is 66.3. The summed E-state index contributed by atoms with van der Waals surface area (Å²) in [5.74, 6) is 0. The first-order chi connectivity index (χ1) is 24.3. The molecule has 0 atom stereocenters. The average molecular weight is 643 g/mol. The number of fused-ring (bicyclic) bond motifs is 7. The van der Waals surface area contributed by atoms with E-state index in [0.717, 1.165) is 22.7 Å². The van der Waals surface area contributed by atoms with Crippen LogP contribution in [0.25, 0.3) is 69.6 Å². The smallest absolute Gasteiger partial charge is 0.0661 e. The molecule has 0 bridgehead atoms. The molecule has 2 heterocycles. The minimum atomic E-state index is 1.12. The van der Waals surface area contributed by atoms with Crippen molar-refractivity contribution in [1.29, 1.82) is 0 Å². The van der Waals surface area contributed by atoms with E-state index in [9.17, 15) is 0 Å². The Morgan fingerprint density at radius 1 is 0.408 bits per heavy atom. The third-order valence-electron chi connectivity index (χ3n) is 9.74. The van der Waals surface area contributed by atoms with Crippen LogP contribution in [0.15, 0.2) is 182 Å². The molecule has 0 aliphatic heterocycles. The predicted molar refractivity (Wildman–Crippen MR) is 211 cm³/mol. The van der Waals surface area contributed by atoms with Gasteiger partial charge in [-0.05, 0) is 65.0 Å². The fraction of sp³-hybridized carbons (Fsp3) is 0. The van der Waals surface area contributed by atoms with Crippen molar-refractivity contribution < 1.29 is 0 Å². The van der Waals surface area contributed by atoms with Gasteiger partial charge in [-0.3, -0.25) is 0 Å². The lowest BCUT2D eigenvalue weighted by molar-refractivity contribution is 1.18. The lowest BCUT2D eigenvalue weighted by atomic mass is 10.0. The van der Waals surface area contributed by atoms with Crippen molar-refractivity contribution in [3.63, 3.8) is 0 Å². The number of nitrogens with zero attached hydrogens (tertiary/aromatic N) is 2. The monoisotopic (exact) mass is 642 g/mol. The number of hydrogen-bond acceptors (Lipinski definition) is 2. The maximum absolute atomic E-state index is 2.49. The normalized spacial score (nSPS) is 11.7. The molecule has 49 heavy (non-hydrogen) atoms. The fourth-order valence-electron chi connectivity index (χ4n) is 7.56. The van der Waals surface area contributed by atoms with Gasteiger partial charge in [-0.25, -0.2) is 0 Å². The molecule has 3 heteroatoms. The summed E-state index contributed by atoms with van der Waals surface area (Å²) >= 11 is 1.87. The quantitative estimate of drug-likeness (QED) is 0.181. The lowest BCUT2D eigenvalue weighted by Gasteiger charge is -2.28. The van der Waals surface area contributed by atoms with E-state index in [4.69, 9.17) is 0 Å². The standard InChI is InChI=1S/C46H30N2S/c1-2-14-31(15-3-1)33-18-12-19-34(28-33)47(41-26-13-17-32-16-4-5-20-36(32)41)44-30-35(29-40-39-23-8-11-27-45(39)49-46(40)44)48-42-24-9-6-21-37(42)38-22-7-10-25-43(38)48/h1-30H. The van der Waals surface area contributed by atoms with E-state index in [0.29, 0.717) is 0 Å². The van der Waals surface area contributed by atoms with E-state index in [-0.39, 0.29) is 0 Å². The first kappa shape index (κ1) is 27.9. The van der Waals surface area contributed by atoms with Gasteiger partial charge in [0.25, 0.3) is 0 Å². The zero-order chi connectivity index (χ0) is 32.3. The highest BCUT2D eigenvalue weighted by molar-refractivity contribution is 7.26. The van der Waals surface area contributed by atoms with Gasteiger partial charge in [0.2, 0.25) is 0 Å². The van der Waals surface area contributed by atoms with Gasteiger partial charge in [0.1, 0.15) is 0 Å². The molecule has 0 radical (unpaired) electrons. The molecule has 2 aromatic heterocycles. The van der Waals surface area contributed by atoms with Gasteiger partial charge in [0.15, 0.2) is 0 Å². The van der Waals surface area contributed by atoms with Crippen molar-refractivity contribution in [3.8, 4) is 16.8 Å². The molecular weight excluding hydrogens is 613 g/mol. The van der Waals surface area contributed by atoms with E-state index >= 15 is 0 Å². The van der Waals surface area contributed by atoms with Gasteiger partial charge in [0, 0.05) is 43.0 Å². The van der Waals surface area contributed by atoms with Crippen molar-refractivity contribution in [2.75, 3.05) is 4.90 Å². The fourth-order valence-corrected chi connectivity index (χ4v) is 8.74. The second kappa shape index (κ2) is 11.2. The molecule has 230 valence electrons. The Labute approximate surface area is 288 Å². The van der Waals surface area contributed by atoms with E-state index in [1.165, 1.54) is 63.9 Å².